The summed E-state index contributed by atoms with van der Waals surface area (Å²) in [6.45, 7) is 12.7. The number of aliphatic hydroxyl groups is 1. The van der Waals surface area contributed by atoms with Gasteiger partial charge in [-0.15, -0.1) is 0 Å². The zero-order valence-corrected chi connectivity index (χ0v) is 19.7. The smallest absolute Gasteiger partial charge is 0.261 e. The summed E-state index contributed by atoms with van der Waals surface area (Å²) in [4.78, 5) is 0. The van der Waals surface area contributed by atoms with Crippen molar-refractivity contribution in [3.8, 4) is 0 Å². The van der Waals surface area contributed by atoms with Crippen molar-refractivity contribution in [1.29, 1.82) is 0 Å². The fraction of sp³-hybridized carbons (Fsp3) is 0.391. The lowest BCUT2D eigenvalue weighted by Gasteiger charge is -2.45. The van der Waals surface area contributed by atoms with Crippen LogP contribution in [0.1, 0.15) is 41.5 Å². The molecule has 0 bridgehead atoms. The molecule has 146 valence electrons. The molecule has 2 aromatic carbocycles. The maximum atomic E-state index is 10.9. The Bertz CT molecular complexity index is 722. The van der Waals surface area contributed by atoms with Gasteiger partial charge in [0.1, 0.15) is 6.10 Å². The van der Waals surface area contributed by atoms with Gasteiger partial charge in [-0.1, -0.05) is 103 Å². The van der Waals surface area contributed by atoms with Crippen LogP contribution < -0.4 is 10.4 Å². The van der Waals surface area contributed by atoms with E-state index >= 15 is 0 Å². The van der Waals surface area contributed by atoms with Gasteiger partial charge in [0.2, 0.25) is 0 Å². The van der Waals surface area contributed by atoms with E-state index in [0.29, 0.717) is 0 Å². The number of benzene rings is 2. The summed E-state index contributed by atoms with van der Waals surface area (Å²) in [6.07, 6.45) is -1.04. The number of aliphatic hydroxyl groups excluding tert-OH is 1. The molecule has 0 saturated carbocycles. The minimum atomic E-state index is -2.66. The van der Waals surface area contributed by atoms with E-state index in [-0.39, 0.29) is 11.1 Å². The molecule has 2 nitrogen and oxygen atoms in total. The highest BCUT2D eigenvalue weighted by molar-refractivity contribution is 9.11. The fourth-order valence-electron chi connectivity index (χ4n) is 3.54. The molecule has 0 saturated heterocycles. The average Bonchev–Trinajstić information content (AvgIpc) is 2.65. The third-order valence-corrected chi connectivity index (χ3v) is 11.4. The lowest BCUT2D eigenvalue weighted by molar-refractivity contribution is 0.0700. The quantitative estimate of drug-likeness (QED) is 0.632. The molecule has 0 amide bonds. The summed E-state index contributed by atoms with van der Waals surface area (Å²) in [7, 11) is -2.66. The van der Waals surface area contributed by atoms with Crippen molar-refractivity contribution >= 4 is 34.6 Å². The van der Waals surface area contributed by atoms with Crippen molar-refractivity contribution in [2.75, 3.05) is 0 Å². The largest absolute Gasteiger partial charge is 0.402 e. The van der Waals surface area contributed by atoms with Crippen molar-refractivity contribution in [3.05, 3.63) is 70.7 Å². The second-order valence-electron chi connectivity index (χ2n) is 8.28. The molecular formula is C23H31BrO2Si. The van der Waals surface area contributed by atoms with Crippen molar-refractivity contribution in [2.24, 2.45) is 0 Å². The Balaban J connectivity index is 2.65. The molecule has 2 atom stereocenters. The monoisotopic (exact) mass is 446 g/mol. The number of halogens is 1. The Kier molecular flexibility index (Phi) is 7.25. The highest BCUT2D eigenvalue weighted by Gasteiger charge is 2.51. The molecule has 27 heavy (non-hydrogen) atoms. The molecule has 0 aromatic heterocycles. The van der Waals surface area contributed by atoms with Gasteiger partial charge in [-0.3, -0.25) is 0 Å². The van der Waals surface area contributed by atoms with E-state index in [1.807, 2.05) is 32.9 Å². The van der Waals surface area contributed by atoms with Crippen LogP contribution in [0, 0.1) is 0 Å². The van der Waals surface area contributed by atoms with Gasteiger partial charge in [-0.25, -0.2) is 0 Å². The van der Waals surface area contributed by atoms with Crippen LogP contribution in [0.2, 0.25) is 5.04 Å². The molecule has 4 heteroatoms. The first-order valence-electron chi connectivity index (χ1n) is 9.41. The predicted molar refractivity (Wildman–Crippen MR) is 121 cm³/mol. The zero-order valence-electron chi connectivity index (χ0n) is 17.2. The van der Waals surface area contributed by atoms with Gasteiger partial charge >= 0.3 is 0 Å². The van der Waals surface area contributed by atoms with Crippen molar-refractivity contribution in [2.45, 2.75) is 58.8 Å². The van der Waals surface area contributed by atoms with Crippen LogP contribution in [-0.4, -0.2) is 25.6 Å². The third-order valence-electron chi connectivity index (χ3n) is 4.96. The Morgan fingerprint density at radius 2 is 1.33 bits per heavy atom. The zero-order chi connectivity index (χ0) is 20.2. The summed E-state index contributed by atoms with van der Waals surface area (Å²) >= 11 is 3.54. The normalized spacial score (nSPS) is 14.5. The van der Waals surface area contributed by atoms with Gasteiger partial charge in [-0.05, 0) is 36.2 Å². The summed E-state index contributed by atoms with van der Waals surface area (Å²) in [5.74, 6) is 0. The predicted octanol–water partition coefficient (Wildman–Crippen LogP) is 5.00. The van der Waals surface area contributed by atoms with Crippen molar-refractivity contribution in [3.63, 3.8) is 0 Å². The molecular weight excluding hydrogens is 416 g/mol. The number of allylic oxidation sites excluding steroid dienone is 1. The molecule has 0 spiro atoms. The minimum absolute atomic E-state index is 0.110. The van der Waals surface area contributed by atoms with Crippen LogP contribution in [0.25, 0.3) is 0 Å². The molecule has 0 aliphatic rings. The van der Waals surface area contributed by atoms with E-state index < -0.39 is 14.4 Å². The molecule has 2 rings (SSSR count). The maximum Gasteiger partial charge on any atom is 0.261 e. The highest BCUT2D eigenvalue weighted by Crippen LogP contribution is 2.38. The second kappa shape index (κ2) is 8.87. The van der Waals surface area contributed by atoms with Crippen LogP contribution in [0.3, 0.4) is 0 Å². The first kappa shape index (κ1) is 22.1. The summed E-state index contributed by atoms with van der Waals surface area (Å²) in [5.41, 5.74) is 1.06. The minimum Gasteiger partial charge on any atom is -0.402 e. The molecule has 0 unspecified atom stereocenters. The first-order chi connectivity index (χ1) is 12.6. The van der Waals surface area contributed by atoms with Crippen LogP contribution in [0.4, 0.5) is 0 Å². The van der Waals surface area contributed by atoms with Gasteiger partial charge < -0.3 is 9.53 Å². The van der Waals surface area contributed by atoms with Gasteiger partial charge in [0.25, 0.3) is 8.32 Å². The average molecular weight is 447 g/mol. The molecule has 0 aliphatic heterocycles. The Morgan fingerprint density at radius 3 is 1.67 bits per heavy atom. The van der Waals surface area contributed by atoms with Gasteiger partial charge in [0.05, 0.1) is 6.10 Å². The van der Waals surface area contributed by atoms with Gasteiger partial charge in [0, 0.05) is 4.48 Å². The van der Waals surface area contributed by atoms with Crippen molar-refractivity contribution < 1.29 is 9.53 Å². The molecule has 0 aliphatic carbocycles. The number of hydrogen-bond donors (Lipinski definition) is 1. The molecule has 0 fully saturated rings. The van der Waals surface area contributed by atoms with Crippen LogP contribution in [0.5, 0.6) is 0 Å². The van der Waals surface area contributed by atoms with Gasteiger partial charge in [0.15, 0.2) is 0 Å². The topological polar surface area (TPSA) is 29.5 Å². The molecule has 0 heterocycles. The second-order valence-corrected chi connectivity index (χ2v) is 13.4. The standard InChI is InChI=1S/C23H31BrO2Si/c1-17(2)21(24)22(25)18(3)26-27(23(4,5)6,19-13-9-7-10-14-19)20-15-11-8-12-16-20/h7-16,18,22,25H,1-6H3/t18-,22-/m0/s1. The van der Waals surface area contributed by atoms with E-state index in [1.54, 1.807) is 0 Å². The Morgan fingerprint density at radius 1 is 0.926 bits per heavy atom. The maximum absolute atomic E-state index is 10.9. The molecule has 1 N–H and O–H groups in total. The lowest BCUT2D eigenvalue weighted by Crippen LogP contribution is -2.68. The Labute approximate surface area is 173 Å². The summed E-state index contributed by atoms with van der Waals surface area (Å²) in [6, 6.07) is 21.0. The van der Waals surface area contributed by atoms with E-state index in [2.05, 4.69) is 85.2 Å². The van der Waals surface area contributed by atoms with Crippen LogP contribution in [-0.2, 0) is 4.43 Å². The van der Waals surface area contributed by atoms with E-state index in [1.165, 1.54) is 10.4 Å². The SMILES string of the molecule is CC(C)=C(Br)[C@@H](O)[C@H](C)O[Si](c1ccccc1)(c1ccccc1)C(C)(C)C. The first-order valence-corrected chi connectivity index (χ1v) is 12.1. The van der Waals surface area contributed by atoms with Crippen molar-refractivity contribution in [1.82, 2.24) is 0 Å². The van der Waals surface area contributed by atoms with Crippen LogP contribution in [0.15, 0.2) is 70.7 Å². The van der Waals surface area contributed by atoms with Crippen LogP contribution >= 0.6 is 15.9 Å². The fourth-order valence-corrected chi connectivity index (χ4v) is 8.61. The lowest BCUT2D eigenvalue weighted by atomic mass is 10.1. The Hall–Kier alpha value is -1.20. The highest BCUT2D eigenvalue weighted by atomic mass is 79.9. The summed E-state index contributed by atoms with van der Waals surface area (Å²) < 4.78 is 7.73. The summed E-state index contributed by atoms with van der Waals surface area (Å²) in [5, 5.41) is 13.2. The van der Waals surface area contributed by atoms with Gasteiger partial charge in [-0.2, -0.15) is 0 Å². The number of rotatable bonds is 6. The molecule has 0 radical (unpaired) electrons. The van der Waals surface area contributed by atoms with E-state index in [0.717, 1.165) is 10.1 Å². The number of hydrogen-bond acceptors (Lipinski definition) is 2. The van der Waals surface area contributed by atoms with E-state index in [9.17, 15) is 5.11 Å². The molecule has 2 aromatic rings. The third kappa shape index (κ3) is 4.62. The van der Waals surface area contributed by atoms with E-state index in [4.69, 9.17) is 4.43 Å².